The number of carbonyl (C=O) groups excluding carboxylic acids is 1. The Balaban J connectivity index is 1.62. The molecule has 0 spiro atoms. The highest BCUT2D eigenvalue weighted by Crippen LogP contribution is 2.32. The van der Waals surface area contributed by atoms with Crippen LogP contribution in [0.1, 0.15) is 17.9 Å². The van der Waals surface area contributed by atoms with Gasteiger partial charge in [0.15, 0.2) is 0 Å². The quantitative estimate of drug-likeness (QED) is 0.878. The fraction of sp³-hybridized carbons (Fsp3) is 0.588. The van der Waals surface area contributed by atoms with Crippen molar-refractivity contribution in [3.05, 3.63) is 35.9 Å². The number of benzene rings is 1. The number of thioether (sulfide) groups is 1. The van der Waals surface area contributed by atoms with E-state index in [0.717, 1.165) is 31.1 Å². The summed E-state index contributed by atoms with van der Waals surface area (Å²) in [4.78, 5) is 14.6. The highest BCUT2D eigenvalue weighted by molar-refractivity contribution is 7.99. The molecule has 0 saturated carbocycles. The molecule has 2 aliphatic heterocycles. The second kappa shape index (κ2) is 7.49. The minimum absolute atomic E-state index is 0.275. The van der Waals surface area contributed by atoms with Crippen molar-refractivity contribution in [1.82, 2.24) is 10.2 Å². The van der Waals surface area contributed by atoms with Crippen molar-refractivity contribution in [3.63, 3.8) is 0 Å². The minimum Gasteiger partial charge on any atom is -0.342 e. The zero-order chi connectivity index (χ0) is 15.4. The molecule has 0 aromatic heterocycles. The van der Waals surface area contributed by atoms with E-state index in [-0.39, 0.29) is 5.91 Å². The van der Waals surface area contributed by atoms with Gasteiger partial charge in [0.2, 0.25) is 5.91 Å². The number of likely N-dealkylation sites (tertiary alicyclic amines) is 1. The fourth-order valence-electron chi connectivity index (χ4n) is 3.48. The highest BCUT2D eigenvalue weighted by Gasteiger charge is 2.35. The normalized spacial score (nSPS) is 28.8. The van der Waals surface area contributed by atoms with Gasteiger partial charge < -0.3 is 16.0 Å². The van der Waals surface area contributed by atoms with Gasteiger partial charge in [-0.15, -0.1) is 0 Å². The van der Waals surface area contributed by atoms with Gasteiger partial charge in [-0.25, -0.2) is 0 Å². The number of nitrogens with zero attached hydrogens (tertiary/aromatic N) is 1. The third-order valence-electron chi connectivity index (χ3n) is 4.74. The van der Waals surface area contributed by atoms with Gasteiger partial charge in [-0.2, -0.15) is 11.8 Å². The first-order chi connectivity index (χ1) is 10.8. The van der Waals surface area contributed by atoms with Crippen molar-refractivity contribution in [2.24, 2.45) is 11.7 Å². The lowest BCUT2D eigenvalue weighted by Crippen LogP contribution is -2.42. The maximum atomic E-state index is 12.6. The van der Waals surface area contributed by atoms with Crippen molar-refractivity contribution in [2.45, 2.75) is 18.4 Å². The predicted octanol–water partition coefficient (Wildman–Crippen LogP) is 1.28. The van der Waals surface area contributed by atoms with E-state index in [9.17, 15) is 4.79 Å². The second-order valence-electron chi connectivity index (χ2n) is 6.24. The molecule has 3 N–H and O–H groups in total. The molecular weight excluding hydrogens is 294 g/mol. The number of carbonyl (C=O) groups is 1. The van der Waals surface area contributed by atoms with Gasteiger partial charge in [0.25, 0.3) is 0 Å². The van der Waals surface area contributed by atoms with Crippen molar-refractivity contribution in [2.75, 3.05) is 37.7 Å². The van der Waals surface area contributed by atoms with Crippen LogP contribution in [0.2, 0.25) is 0 Å². The lowest BCUT2D eigenvalue weighted by molar-refractivity contribution is -0.130. The Bertz CT molecular complexity index is 490. The first-order valence-corrected chi connectivity index (χ1v) is 9.27. The minimum atomic E-state index is 0.275. The molecular formula is C17H25N3OS. The van der Waals surface area contributed by atoms with E-state index >= 15 is 0 Å². The molecule has 1 unspecified atom stereocenters. The molecule has 1 aromatic carbocycles. The van der Waals surface area contributed by atoms with E-state index in [0.29, 0.717) is 30.8 Å². The van der Waals surface area contributed by atoms with Crippen LogP contribution in [0, 0.1) is 5.92 Å². The van der Waals surface area contributed by atoms with E-state index in [4.69, 9.17) is 5.73 Å². The number of rotatable bonds is 4. The monoisotopic (exact) mass is 319 g/mol. The summed E-state index contributed by atoms with van der Waals surface area (Å²) in [6.07, 6.45) is 0.617. The Hall–Kier alpha value is -1.04. The van der Waals surface area contributed by atoms with Crippen molar-refractivity contribution >= 4 is 17.7 Å². The third kappa shape index (κ3) is 3.65. The summed E-state index contributed by atoms with van der Waals surface area (Å²) in [5, 5.41) is 3.45. The molecule has 2 aliphatic rings. The highest BCUT2D eigenvalue weighted by atomic mass is 32.2. The molecule has 3 rings (SSSR count). The summed E-state index contributed by atoms with van der Waals surface area (Å²) in [6.45, 7) is 3.26. The van der Waals surface area contributed by atoms with Gasteiger partial charge in [0, 0.05) is 49.5 Å². The van der Waals surface area contributed by atoms with Crippen LogP contribution < -0.4 is 11.1 Å². The van der Waals surface area contributed by atoms with Gasteiger partial charge in [-0.1, -0.05) is 30.3 Å². The number of hydrogen-bond donors (Lipinski definition) is 2. The molecule has 2 heterocycles. The Kier molecular flexibility index (Phi) is 5.39. The van der Waals surface area contributed by atoms with Crippen LogP contribution in [0.25, 0.3) is 0 Å². The molecule has 22 heavy (non-hydrogen) atoms. The first kappa shape index (κ1) is 15.8. The number of amides is 1. The summed E-state index contributed by atoms with van der Waals surface area (Å²) < 4.78 is 0. The van der Waals surface area contributed by atoms with Crippen LogP contribution in [0.5, 0.6) is 0 Å². The topological polar surface area (TPSA) is 58.4 Å². The predicted molar refractivity (Wildman–Crippen MR) is 92.0 cm³/mol. The van der Waals surface area contributed by atoms with Crippen LogP contribution >= 0.6 is 11.8 Å². The van der Waals surface area contributed by atoms with Gasteiger partial charge in [0.1, 0.15) is 0 Å². The third-order valence-corrected chi connectivity index (χ3v) is 5.87. The van der Waals surface area contributed by atoms with Gasteiger partial charge in [0.05, 0.1) is 0 Å². The van der Waals surface area contributed by atoms with E-state index in [1.807, 2.05) is 22.7 Å². The molecule has 0 aliphatic carbocycles. The van der Waals surface area contributed by atoms with Crippen molar-refractivity contribution in [1.29, 1.82) is 0 Å². The van der Waals surface area contributed by atoms with Crippen LogP contribution in [-0.4, -0.2) is 54.5 Å². The summed E-state index contributed by atoms with van der Waals surface area (Å²) in [5.74, 6) is 3.22. The van der Waals surface area contributed by atoms with Crippen LogP contribution in [0.3, 0.4) is 0 Å². The lowest BCUT2D eigenvalue weighted by Gasteiger charge is -2.25. The lowest BCUT2D eigenvalue weighted by atomic mass is 9.89. The summed E-state index contributed by atoms with van der Waals surface area (Å²) in [5.41, 5.74) is 7.26. The molecule has 120 valence electrons. The van der Waals surface area contributed by atoms with E-state index < -0.39 is 0 Å². The summed E-state index contributed by atoms with van der Waals surface area (Å²) in [6, 6.07) is 10.8. The number of hydrogen-bond acceptors (Lipinski definition) is 4. The van der Waals surface area contributed by atoms with Crippen molar-refractivity contribution < 1.29 is 4.79 Å². The Morgan fingerprint density at radius 3 is 2.82 bits per heavy atom. The fourth-order valence-corrected chi connectivity index (χ4v) is 4.43. The molecule has 2 fully saturated rings. The molecule has 3 atom stereocenters. The Labute approximate surface area is 136 Å². The van der Waals surface area contributed by atoms with Crippen LogP contribution in [-0.2, 0) is 4.79 Å². The van der Waals surface area contributed by atoms with Crippen LogP contribution in [0.15, 0.2) is 30.3 Å². The average molecular weight is 319 g/mol. The molecule has 1 aromatic rings. The molecule has 5 heteroatoms. The van der Waals surface area contributed by atoms with Gasteiger partial charge in [-0.3, -0.25) is 4.79 Å². The van der Waals surface area contributed by atoms with Crippen LogP contribution in [0.4, 0.5) is 0 Å². The van der Waals surface area contributed by atoms with E-state index in [1.54, 1.807) is 0 Å². The zero-order valence-corrected chi connectivity index (χ0v) is 13.7. The summed E-state index contributed by atoms with van der Waals surface area (Å²) in [7, 11) is 0. The summed E-state index contributed by atoms with van der Waals surface area (Å²) >= 11 is 1.94. The average Bonchev–Trinajstić information content (AvgIpc) is 3.01. The van der Waals surface area contributed by atoms with Gasteiger partial charge >= 0.3 is 0 Å². The number of nitrogens with two attached hydrogens (primary N) is 1. The molecule has 0 bridgehead atoms. The van der Waals surface area contributed by atoms with E-state index in [2.05, 4.69) is 29.6 Å². The molecule has 0 radical (unpaired) electrons. The SMILES string of the molecule is NC[C@@H]1CN(C(=O)CC2CSCCN2)C[C@H]1c1ccccc1. The largest absolute Gasteiger partial charge is 0.342 e. The van der Waals surface area contributed by atoms with E-state index in [1.165, 1.54) is 5.56 Å². The van der Waals surface area contributed by atoms with Gasteiger partial charge in [-0.05, 0) is 18.0 Å². The molecule has 4 nitrogen and oxygen atoms in total. The maximum absolute atomic E-state index is 12.6. The maximum Gasteiger partial charge on any atom is 0.224 e. The Morgan fingerprint density at radius 2 is 2.14 bits per heavy atom. The molecule has 1 amide bonds. The van der Waals surface area contributed by atoms with Crippen molar-refractivity contribution in [3.8, 4) is 0 Å². The zero-order valence-electron chi connectivity index (χ0n) is 12.9. The first-order valence-electron chi connectivity index (χ1n) is 8.12. The second-order valence-corrected chi connectivity index (χ2v) is 7.39. The smallest absolute Gasteiger partial charge is 0.224 e. The molecule has 2 saturated heterocycles. The Morgan fingerprint density at radius 1 is 1.32 bits per heavy atom. The standard InChI is InChI=1S/C17H25N3OS/c18-9-14-10-20(11-16(14)13-4-2-1-3-5-13)17(21)8-15-12-22-7-6-19-15/h1-5,14-16,19H,6-12,18H2/t14-,15?,16+/m1/s1. The number of nitrogens with one attached hydrogen (secondary N) is 1.